The van der Waals surface area contributed by atoms with Crippen molar-refractivity contribution in [3.8, 4) is 0 Å². The van der Waals surface area contributed by atoms with Gasteiger partial charge in [0.25, 0.3) is 0 Å². The van der Waals surface area contributed by atoms with Crippen LogP contribution in [-0.2, 0) is 0 Å². The van der Waals surface area contributed by atoms with Crippen molar-refractivity contribution in [2.75, 3.05) is 0 Å². The highest BCUT2D eigenvalue weighted by molar-refractivity contribution is 5.24. The van der Waals surface area contributed by atoms with Gasteiger partial charge in [-0.3, -0.25) is 0 Å². The molecule has 0 radical (unpaired) electrons. The van der Waals surface area contributed by atoms with Gasteiger partial charge >= 0.3 is 0 Å². The van der Waals surface area contributed by atoms with Gasteiger partial charge in [-0.2, -0.15) is 0 Å². The van der Waals surface area contributed by atoms with Crippen molar-refractivity contribution >= 4 is 0 Å². The van der Waals surface area contributed by atoms with Crippen molar-refractivity contribution in [1.82, 2.24) is 0 Å². The van der Waals surface area contributed by atoms with Crippen LogP contribution >= 0.6 is 0 Å². The summed E-state index contributed by atoms with van der Waals surface area (Å²) in [6, 6.07) is 8.96. The predicted molar refractivity (Wildman–Crippen MR) is 64.7 cm³/mol. The summed E-state index contributed by atoms with van der Waals surface area (Å²) in [6.45, 7) is 2.12. The summed E-state index contributed by atoms with van der Waals surface area (Å²) < 4.78 is 0. The zero-order valence-corrected chi connectivity index (χ0v) is 9.58. The van der Waals surface area contributed by atoms with Gasteiger partial charge in [-0.15, -0.1) is 0 Å². The lowest BCUT2D eigenvalue weighted by Crippen LogP contribution is -2.23. The first-order valence-corrected chi connectivity index (χ1v) is 6.09. The lowest BCUT2D eigenvalue weighted by Gasteiger charge is -2.27. The molecular formula is C14H21N. The van der Waals surface area contributed by atoms with Crippen molar-refractivity contribution in [2.45, 2.75) is 45.1 Å². The Kier molecular flexibility index (Phi) is 3.42. The molecule has 2 rings (SSSR count). The average molecular weight is 203 g/mol. The zero-order valence-electron chi connectivity index (χ0n) is 9.58. The van der Waals surface area contributed by atoms with Crippen molar-refractivity contribution < 1.29 is 0 Å². The molecule has 0 bridgehead atoms. The van der Waals surface area contributed by atoms with Crippen LogP contribution in [0.3, 0.4) is 0 Å². The molecule has 1 aromatic carbocycles. The summed E-state index contributed by atoms with van der Waals surface area (Å²) in [5.74, 6) is 0.710. The van der Waals surface area contributed by atoms with E-state index in [1.165, 1.54) is 43.2 Å². The zero-order chi connectivity index (χ0) is 10.7. The average Bonchev–Trinajstić information content (AvgIpc) is 2.30. The SMILES string of the molecule is Cc1ccc([C@@H](N)C2CCCCC2)cc1. The normalized spacial score (nSPS) is 20.1. The summed E-state index contributed by atoms with van der Waals surface area (Å²) in [5.41, 5.74) is 8.95. The van der Waals surface area contributed by atoms with Gasteiger partial charge < -0.3 is 5.73 Å². The number of aryl methyl sites for hydroxylation is 1. The first-order valence-electron chi connectivity index (χ1n) is 6.09. The molecule has 1 saturated carbocycles. The molecule has 82 valence electrons. The van der Waals surface area contributed by atoms with Crippen molar-refractivity contribution in [1.29, 1.82) is 0 Å². The Balaban J connectivity index is 2.05. The van der Waals surface area contributed by atoms with Crippen molar-refractivity contribution in [2.24, 2.45) is 11.7 Å². The van der Waals surface area contributed by atoms with Crippen LogP contribution in [0.15, 0.2) is 24.3 Å². The first kappa shape index (κ1) is 10.7. The second-order valence-electron chi connectivity index (χ2n) is 4.83. The lowest BCUT2D eigenvalue weighted by atomic mass is 9.81. The summed E-state index contributed by atoms with van der Waals surface area (Å²) in [5, 5.41) is 0. The van der Waals surface area contributed by atoms with E-state index in [1.54, 1.807) is 0 Å². The maximum absolute atomic E-state index is 6.32. The Morgan fingerprint density at radius 1 is 1.07 bits per heavy atom. The number of nitrogens with two attached hydrogens (primary N) is 1. The smallest absolute Gasteiger partial charge is 0.0323 e. The largest absolute Gasteiger partial charge is 0.324 e. The van der Waals surface area contributed by atoms with E-state index in [2.05, 4.69) is 31.2 Å². The van der Waals surface area contributed by atoms with E-state index in [1.807, 2.05) is 0 Å². The number of hydrogen-bond donors (Lipinski definition) is 1. The summed E-state index contributed by atoms with van der Waals surface area (Å²) >= 11 is 0. The third-order valence-electron chi connectivity index (χ3n) is 3.62. The van der Waals surface area contributed by atoms with Crippen LogP contribution in [0, 0.1) is 12.8 Å². The molecule has 1 aliphatic carbocycles. The highest BCUT2D eigenvalue weighted by Gasteiger charge is 2.21. The fraction of sp³-hybridized carbons (Fsp3) is 0.571. The van der Waals surface area contributed by atoms with Crippen molar-refractivity contribution in [3.05, 3.63) is 35.4 Å². The van der Waals surface area contributed by atoms with Crippen LogP contribution in [0.4, 0.5) is 0 Å². The monoisotopic (exact) mass is 203 g/mol. The third kappa shape index (κ3) is 2.60. The molecule has 0 saturated heterocycles. The molecule has 0 heterocycles. The van der Waals surface area contributed by atoms with Crippen LogP contribution in [0.25, 0.3) is 0 Å². The van der Waals surface area contributed by atoms with Crippen LogP contribution < -0.4 is 5.73 Å². The van der Waals surface area contributed by atoms with Gasteiger partial charge in [0.2, 0.25) is 0 Å². The molecule has 0 unspecified atom stereocenters. The van der Waals surface area contributed by atoms with E-state index in [0.717, 1.165) is 0 Å². The molecule has 0 aromatic heterocycles. The molecule has 2 N–H and O–H groups in total. The lowest BCUT2D eigenvalue weighted by molar-refractivity contribution is 0.308. The minimum absolute atomic E-state index is 0.255. The van der Waals surface area contributed by atoms with Gasteiger partial charge in [0, 0.05) is 6.04 Å². The molecule has 0 aliphatic heterocycles. The van der Waals surface area contributed by atoms with E-state index in [4.69, 9.17) is 5.73 Å². The quantitative estimate of drug-likeness (QED) is 0.781. The van der Waals surface area contributed by atoms with Gasteiger partial charge in [-0.25, -0.2) is 0 Å². The Morgan fingerprint density at radius 3 is 2.27 bits per heavy atom. The van der Waals surface area contributed by atoms with Crippen LogP contribution in [0.1, 0.15) is 49.3 Å². The summed E-state index contributed by atoms with van der Waals surface area (Å²) in [4.78, 5) is 0. The molecule has 1 fully saturated rings. The molecule has 1 aliphatic rings. The van der Waals surface area contributed by atoms with Crippen molar-refractivity contribution in [3.63, 3.8) is 0 Å². The van der Waals surface area contributed by atoms with E-state index >= 15 is 0 Å². The number of rotatable bonds is 2. The molecule has 1 nitrogen and oxygen atoms in total. The molecule has 0 amide bonds. The van der Waals surface area contributed by atoms with E-state index in [0.29, 0.717) is 5.92 Å². The number of hydrogen-bond acceptors (Lipinski definition) is 1. The second kappa shape index (κ2) is 4.80. The second-order valence-corrected chi connectivity index (χ2v) is 4.83. The Hall–Kier alpha value is -0.820. The molecule has 1 heteroatoms. The predicted octanol–water partition coefficient (Wildman–Crippen LogP) is 3.58. The Morgan fingerprint density at radius 2 is 1.67 bits per heavy atom. The molecule has 1 atom stereocenters. The summed E-state index contributed by atoms with van der Waals surface area (Å²) in [7, 11) is 0. The van der Waals surface area contributed by atoms with Gasteiger partial charge in [-0.1, -0.05) is 49.1 Å². The van der Waals surface area contributed by atoms with Crippen LogP contribution in [-0.4, -0.2) is 0 Å². The first-order chi connectivity index (χ1) is 7.27. The van der Waals surface area contributed by atoms with E-state index in [-0.39, 0.29) is 6.04 Å². The minimum Gasteiger partial charge on any atom is -0.324 e. The Bertz CT molecular complexity index is 296. The molecule has 15 heavy (non-hydrogen) atoms. The third-order valence-corrected chi connectivity index (χ3v) is 3.62. The van der Waals surface area contributed by atoms with Crippen LogP contribution in [0.5, 0.6) is 0 Å². The fourth-order valence-electron chi connectivity index (χ4n) is 2.55. The molecule has 1 aromatic rings. The minimum atomic E-state index is 0.255. The fourth-order valence-corrected chi connectivity index (χ4v) is 2.55. The standard InChI is InChI=1S/C14H21N/c1-11-7-9-13(10-8-11)14(15)12-5-3-2-4-6-12/h7-10,12,14H,2-6,15H2,1H3/t14-/m0/s1. The summed E-state index contributed by atoms with van der Waals surface area (Å²) in [6.07, 6.45) is 6.76. The maximum Gasteiger partial charge on any atom is 0.0323 e. The number of benzene rings is 1. The van der Waals surface area contributed by atoms with Gasteiger partial charge in [0.1, 0.15) is 0 Å². The maximum atomic E-state index is 6.32. The van der Waals surface area contributed by atoms with E-state index < -0.39 is 0 Å². The van der Waals surface area contributed by atoms with Gasteiger partial charge in [-0.05, 0) is 31.2 Å². The highest BCUT2D eigenvalue weighted by atomic mass is 14.7. The Labute approximate surface area is 92.7 Å². The van der Waals surface area contributed by atoms with Crippen LogP contribution in [0.2, 0.25) is 0 Å². The molecule has 0 spiro atoms. The van der Waals surface area contributed by atoms with E-state index in [9.17, 15) is 0 Å². The van der Waals surface area contributed by atoms with Gasteiger partial charge in [0.15, 0.2) is 0 Å². The molecular weight excluding hydrogens is 182 g/mol. The topological polar surface area (TPSA) is 26.0 Å². The highest BCUT2D eigenvalue weighted by Crippen LogP contribution is 2.32. The van der Waals surface area contributed by atoms with Gasteiger partial charge in [0.05, 0.1) is 0 Å².